The van der Waals surface area contributed by atoms with Gasteiger partial charge in [-0.15, -0.1) is 0 Å². The van der Waals surface area contributed by atoms with E-state index in [1.165, 1.54) is 0 Å². The van der Waals surface area contributed by atoms with Crippen LogP contribution in [-0.4, -0.2) is 21.8 Å². The third-order valence-corrected chi connectivity index (χ3v) is 2.39. The highest BCUT2D eigenvalue weighted by Crippen LogP contribution is 2.15. The van der Waals surface area contributed by atoms with E-state index in [-0.39, 0.29) is 10.7 Å². The molecule has 0 saturated heterocycles. The molecule has 44 valence electrons. The number of hydrogen-bond acceptors (Lipinski definition) is 1. The Balaban J connectivity index is 2.63. The molecule has 2 nitrogen and oxygen atoms in total. The van der Waals surface area contributed by atoms with E-state index in [9.17, 15) is 4.79 Å². The second-order valence-electron chi connectivity index (χ2n) is 1.44. The summed E-state index contributed by atoms with van der Waals surface area (Å²) < 4.78 is 0. The van der Waals surface area contributed by atoms with Crippen molar-refractivity contribution in [1.82, 2.24) is 0 Å². The summed E-state index contributed by atoms with van der Waals surface area (Å²) in [6.45, 7) is 0. The van der Waals surface area contributed by atoms with Crippen LogP contribution in [0.5, 0.6) is 0 Å². The number of hydrogen-bond donors (Lipinski definition) is 0. The SMILES string of the molecule is O=C1N=C(CBr)C1Br. The van der Waals surface area contributed by atoms with Crippen molar-refractivity contribution in [1.29, 1.82) is 0 Å². The molecule has 1 heterocycles. The van der Waals surface area contributed by atoms with Crippen molar-refractivity contribution in [2.45, 2.75) is 4.83 Å². The lowest BCUT2D eigenvalue weighted by molar-refractivity contribution is -0.117. The summed E-state index contributed by atoms with van der Waals surface area (Å²) in [4.78, 5) is 13.8. The molecule has 0 fully saturated rings. The number of halogens is 2. The van der Waals surface area contributed by atoms with E-state index >= 15 is 0 Å². The lowest BCUT2D eigenvalue weighted by Crippen LogP contribution is -2.34. The van der Waals surface area contributed by atoms with Gasteiger partial charge in [0.15, 0.2) is 0 Å². The predicted octanol–water partition coefficient (Wildman–Crippen LogP) is 1.13. The van der Waals surface area contributed by atoms with E-state index in [0.29, 0.717) is 5.33 Å². The first-order valence-corrected chi connectivity index (χ1v) is 4.10. The molecular weight excluding hydrogens is 238 g/mol. The van der Waals surface area contributed by atoms with E-state index in [4.69, 9.17) is 0 Å². The molecule has 0 aromatic carbocycles. The van der Waals surface area contributed by atoms with E-state index in [1.54, 1.807) is 0 Å². The molecule has 1 rings (SSSR count). The zero-order chi connectivity index (χ0) is 6.15. The topological polar surface area (TPSA) is 29.4 Å². The Labute approximate surface area is 63.6 Å². The van der Waals surface area contributed by atoms with Gasteiger partial charge >= 0.3 is 0 Å². The molecule has 0 aromatic rings. The Morgan fingerprint density at radius 1 is 1.75 bits per heavy atom. The van der Waals surface area contributed by atoms with Gasteiger partial charge < -0.3 is 0 Å². The van der Waals surface area contributed by atoms with Crippen LogP contribution in [0.2, 0.25) is 0 Å². The first-order chi connectivity index (χ1) is 3.75. The van der Waals surface area contributed by atoms with Crippen LogP contribution in [0.25, 0.3) is 0 Å². The molecule has 8 heavy (non-hydrogen) atoms. The van der Waals surface area contributed by atoms with Crippen LogP contribution >= 0.6 is 31.9 Å². The first-order valence-electron chi connectivity index (χ1n) is 2.07. The molecule has 0 bridgehead atoms. The van der Waals surface area contributed by atoms with Crippen LogP contribution < -0.4 is 0 Å². The molecule has 1 unspecified atom stereocenters. The van der Waals surface area contributed by atoms with E-state index in [0.717, 1.165) is 5.71 Å². The number of amides is 1. The molecule has 0 spiro atoms. The van der Waals surface area contributed by atoms with Crippen LogP contribution in [0.4, 0.5) is 0 Å². The minimum absolute atomic E-state index is 0.0700. The van der Waals surface area contributed by atoms with Crippen LogP contribution in [0.3, 0.4) is 0 Å². The van der Waals surface area contributed by atoms with Gasteiger partial charge in [-0.2, -0.15) is 0 Å². The average molecular weight is 241 g/mol. The van der Waals surface area contributed by atoms with Crippen LogP contribution in [-0.2, 0) is 4.79 Å². The standard InChI is InChI=1S/C4H3Br2NO/c5-1-2-3(6)4(8)7-2/h3H,1H2. The lowest BCUT2D eigenvalue weighted by atomic mass is 10.2. The molecule has 0 aliphatic carbocycles. The maximum absolute atomic E-state index is 10.3. The van der Waals surface area contributed by atoms with Gasteiger partial charge in [-0.1, -0.05) is 31.9 Å². The third-order valence-electron chi connectivity index (χ3n) is 0.900. The van der Waals surface area contributed by atoms with Gasteiger partial charge in [0.25, 0.3) is 5.91 Å². The Hall–Kier alpha value is 0.300. The lowest BCUT2D eigenvalue weighted by Gasteiger charge is -2.14. The highest BCUT2D eigenvalue weighted by Gasteiger charge is 2.28. The van der Waals surface area contributed by atoms with E-state index in [1.807, 2.05) is 0 Å². The normalized spacial score (nSPS) is 27.0. The summed E-state index contributed by atoms with van der Waals surface area (Å²) in [5, 5.41) is 0.689. The van der Waals surface area contributed by atoms with E-state index in [2.05, 4.69) is 36.9 Å². The number of alkyl halides is 2. The molecule has 0 radical (unpaired) electrons. The quantitative estimate of drug-likeness (QED) is 0.632. The molecule has 0 saturated carbocycles. The van der Waals surface area contributed by atoms with Gasteiger partial charge in [0.1, 0.15) is 4.83 Å². The summed E-state index contributed by atoms with van der Waals surface area (Å²) in [6.07, 6.45) is 0. The molecule has 1 aliphatic heterocycles. The molecule has 0 aromatic heterocycles. The van der Waals surface area contributed by atoms with Crippen molar-refractivity contribution in [3.8, 4) is 0 Å². The highest BCUT2D eigenvalue weighted by atomic mass is 79.9. The summed E-state index contributed by atoms with van der Waals surface area (Å²) in [7, 11) is 0. The molecular formula is C4H3Br2NO. The summed E-state index contributed by atoms with van der Waals surface area (Å²) >= 11 is 6.32. The van der Waals surface area contributed by atoms with Crippen LogP contribution in [0.15, 0.2) is 4.99 Å². The maximum atomic E-state index is 10.3. The zero-order valence-corrected chi connectivity index (χ0v) is 7.07. The fourth-order valence-electron chi connectivity index (χ4n) is 0.429. The number of nitrogens with zero attached hydrogens (tertiary/aromatic N) is 1. The monoisotopic (exact) mass is 239 g/mol. The van der Waals surface area contributed by atoms with Crippen molar-refractivity contribution in [2.24, 2.45) is 4.99 Å². The molecule has 1 amide bonds. The van der Waals surface area contributed by atoms with Gasteiger partial charge in [-0.25, -0.2) is 4.99 Å². The van der Waals surface area contributed by atoms with Gasteiger partial charge in [-0.05, 0) is 0 Å². The van der Waals surface area contributed by atoms with Crippen molar-refractivity contribution in [3.63, 3.8) is 0 Å². The molecule has 1 aliphatic rings. The predicted molar refractivity (Wildman–Crippen MR) is 39.0 cm³/mol. The van der Waals surface area contributed by atoms with Crippen molar-refractivity contribution < 1.29 is 4.79 Å². The van der Waals surface area contributed by atoms with Crippen molar-refractivity contribution in [3.05, 3.63) is 0 Å². The number of aliphatic imine (C=N–C) groups is 1. The minimum atomic E-state index is -0.109. The van der Waals surface area contributed by atoms with Gasteiger partial charge in [0.2, 0.25) is 0 Å². The third kappa shape index (κ3) is 0.865. The van der Waals surface area contributed by atoms with Crippen LogP contribution in [0, 0.1) is 0 Å². The fraction of sp³-hybridized carbons (Fsp3) is 0.500. The zero-order valence-electron chi connectivity index (χ0n) is 3.90. The Bertz CT molecular complexity index is 154. The highest BCUT2D eigenvalue weighted by molar-refractivity contribution is 9.10. The summed E-state index contributed by atoms with van der Waals surface area (Å²) in [5.74, 6) is -0.0700. The number of rotatable bonds is 1. The summed E-state index contributed by atoms with van der Waals surface area (Å²) in [5.41, 5.74) is 0.884. The smallest absolute Gasteiger partial charge is 0.265 e. The van der Waals surface area contributed by atoms with Crippen LogP contribution in [0.1, 0.15) is 0 Å². The summed E-state index contributed by atoms with van der Waals surface area (Å²) in [6, 6.07) is 0. The van der Waals surface area contributed by atoms with Crippen molar-refractivity contribution >= 4 is 43.5 Å². The Morgan fingerprint density at radius 3 is 2.50 bits per heavy atom. The fourth-order valence-corrected chi connectivity index (χ4v) is 1.68. The maximum Gasteiger partial charge on any atom is 0.265 e. The molecule has 4 heteroatoms. The molecule has 1 atom stereocenters. The Morgan fingerprint density at radius 2 is 2.38 bits per heavy atom. The van der Waals surface area contributed by atoms with Crippen molar-refractivity contribution in [2.75, 3.05) is 5.33 Å². The first kappa shape index (κ1) is 6.42. The number of carbonyl (C=O) groups is 1. The van der Waals surface area contributed by atoms with E-state index < -0.39 is 0 Å². The second kappa shape index (κ2) is 2.27. The minimum Gasteiger partial charge on any atom is -0.271 e. The Kier molecular flexibility index (Phi) is 1.82. The number of carbonyl (C=O) groups excluding carboxylic acids is 1. The average Bonchev–Trinajstić information content (AvgIpc) is 1.81. The largest absolute Gasteiger partial charge is 0.271 e. The van der Waals surface area contributed by atoms with Gasteiger partial charge in [-0.3, -0.25) is 4.79 Å². The molecule has 0 N–H and O–H groups in total. The van der Waals surface area contributed by atoms with Gasteiger partial charge in [0.05, 0.1) is 5.71 Å². The second-order valence-corrected chi connectivity index (χ2v) is 2.91. The van der Waals surface area contributed by atoms with Gasteiger partial charge in [0, 0.05) is 5.33 Å².